The highest BCUT2D eigenvalue weighted by atomic mass is 16.6. The Balaban J connectivity index is 1.52. The van der Waals surface area contributed by atoms with Gasteiger partial charge in [-0.05, 0) is 67.3 Å². The summed E-state index contributed by atoms with van der Waals surface area (Å²) in [5, 5.41) is 0. The van der Waals surface area contributed by atoms with Crippen molar-refractivity contribution in [1.82, 2.24) is 0 Å². The van der Waals surface area contributed by atoms with Crippen LogP contribution in [0.2, 0.25) is 0 Å². The molecule has 0 unspecified atom stereocenters. The second-order valence-corrected chi connectivity index (χ2v) is 6.70. The molecule has 2 aliphatic rings. The highest BCUT2D eigenvalue weighted by Gasteiger charge is 2.24. The van der Waals surface area contributed by atoms with Gasteiger partial charge in [-0.25, -0.2) is 9.79 Å². The van der Waals surface area contributed by atoms with E-state index in [9.17, 15) is 4.79 Å². The van der Waals surface area contributed by atoms with Gasteiger partial charge in [0.25, 0.3) is 0 Å². The largest absolute Gasteiger partial charge is 0.497 e. The van der Waals surface area contributed by atoms with E-state index in [1.165, 1.54) is 24.9 Å². The zero-order chi connectivity index (χ0) is 18.6. The lowest BCUT2D eigenvalue weighted by Gasteiger charge is -2.28. The molecule has 0 spiro atoms. The lowest BCUT2D eigenvalue weighted by Crippen LogP contribution is -2.29. The Morgan fingerprint density at radius 1 is 1.00 bits per heavy atom. The van der Waals surface area contributed by atoms with Crippen molar-refractivity contribution in [2.24, 2.45) is 4.99 Å². The number of nitrogens with zero attached hydrogens (tertiary/aromatic N) is 2. The zero-order valence-corrected chi connectivity index (χ0v) is 15.4. The van der Waals surface area contributed by atoms with Crippen molar-refractivity contribution in [3.05, 3.63) is 65.4 Å². The molecular formula is C22H22N2O3. The summed E-state index contributed by atoms with van der Waals surface area (Å²) in [6.07, 6.45) is 5.58. The van der Waals surface area contributed by atoms with Gasteiger partial charge in [0.05, 0.1) is 7.11 Å². The Morgan fingerprint density at radius 2 is 1.70 bits per heavy atom. The number of carbonyl (C=O) groups excluding carboxylic acids is 1. The second kappa shape index (κ2) is 7.66. The third-order valence-electron chi connectivity index (χ3n) is 4.88. The maximum Gasteiger partial charge on any atom is 0.363 e. The minimum atomic E-state index is -0.430. The van der Waals surface area contributed by atoms with Crippen LogP contribution in [0.25, 0.3) is 6.08 Å². The van der Waals surface area contributed by atoms with Gasteiger partial charge in [0.15, 0.2) is 5.70 Å². The molecule has 0 amide bonds. The second-order valence-electron chi connectivity index (χ2n) is 6.70. The van der Waals surface area contributed by atoms with Gasteiger partial charge in [0.2, 0.25) is 5.90 Å². The van der Waals surface area contributed by atoms with Crippen molar-refractivity contribution < 1.29 is 14.3 Å². The topological polar surface area (TPSA) is 51.1 Å². The van der Waals surface area contributed by atoms with E-state index in [0.29, 0.717) is 11.6 Å². The summed E-state index contributed by atoms with van der Waals surface area (Å²) in [4.78, 5) is 18.9. The van der Waals surface area contributed by atoms with Crippen LogP contribution in [0.3, 0.4) is 0 Å². The number of aliphatic imine (C=N–C) groups is 1. The van der Waals surface area contributed by atoms with Gasteiger partial charge in [-0.3, -0.25) is 0 Å². The molecule has 1 saturated heterocycles. The van der Waals surface area contributed by atoms with Crippen molar-refractivity contribution >= 4 is 23.6 Å². The maximum absolute atomic E-state index is 12.2. The molecule has 0 saturated carbocycles. The Kier molecular flexibility index (Phi) is 4.92. The minimum absolute atomic E-state index is 0.312. The molecule has 0 radical (unpaired) electrons. The van der Waals surface area contributed by atoms with Crippen LogP contribution in [-0.4, -0.2) is 32.1 Å². The van der Waals surface area contributed by atoms with E-state index < -0.39 is 5.97 Å². The SMILES string of the molecule is COc1ccc(C2=N/C(=C\c3ccc(N4CCCCC4)cc3)C(=O)O2)cc1. The van der Waals surface area contributed by atoms with Gasteiger partial charge in [0, 0.05) is 24.3 Å². The molecule has 2 heterocycles. The molecule has 0 N–H and O–H groups in total. The van der Waals surface area contributed by atoms with Crippen LogP contribution in [0.15, 0.2) is 59.2 Å². The first-order valence-electron chi connectivity index (χ1n) is 9.25. The van der Waals surface area contributed by atoms with E-state index in [1.54, 1.807) is 13.2 Å². The molecule has 0 aromatic heterocycles. The van der Waals surface area contributed by atoms with E-state index in [0.717, 1.165) is 30.0 Å². The van der Waals surface area contributed by atoms with Crippen LogP contribution < -0.4 is 9.64 Å². The van der Waals surface area contributed by atoms with Crippen LogP contribution in [0.1, 0.15) is 30.4 Å². The summed E-state index contributed by atoms with van der Waals surface area (Å²) < 4.78 is 10.5. The van der Waals surface area contributed by atoms with E-state index in [4.69, 9.17) is 9.47 Å². The third-order valence-corrected chi connectivity index (χ3v) is 4.88. The Hall–Kier alpha value is -3.08. The van der Waals surface area contributed by atoms with Crippen molar-refractivity contribution in [3.63, 3.8) is 0 Å². The monoisotopic (exact) mass is 362 g/mol. The molecule has 4 rings (SSSR count). The zero-order valence-electron chi connectivity index (χ0n) is 15.4. The minimum Gasteiger partial charge on any atom is -0.497 e. The molecule has 27 heavy (non-hydrogen) atoms. The lowest BCUT2D eigenvalue weighted by molar-refractivity contribution is -0.129. The molecule has 138 valence electrons. The average molecular weight is 362 g/mol. The molecular weight excluding hydrogens is 340 g/mol. The first-order chi connectivity index (χ1) is 13.2. The highest BCUT2D eigenvalue weighted by molar-refractivity contribution is 6.12. The molecule has 0 atom stereocenters. The van der Waals surface area contributed by atoms with Gasteiger partial charge in [0.1, 0.15) is 5.75 Å². The van der Waals surface area contributed by atoms with E-state index in [2.05, 4.69) is 22.0 Å². The number of hydrogen-bond acceptors (Lipinski definition) is 5. The molecule has 5 nitrogen and oxygen atoms in total. The first kappa shape index (κ1) is 17.3. The number of piperidine rings is 1. The molecule has 0 bridgehead atoms. The summed E-state index contributed by atoms with van der Waals surface area (Å²) in [6, 6.07) is 15.5. The summed E-state index contributed by atoms with van der Waals surface area (Å²) in [5.74, 6) is 0.632. The Morgan fingerprint density at radius 3 is 2.37 bits per heavy atom. The smallest absolute Gasteiger partial charge is 0.363 e. The normalized spacial score (nSPS) is 18.4. The summed E-state index contributed by atoms with van der Waals surface area (Å²) in [6.45, 7) is 2.23. The van der Waals surface area contributed by atoms with Gasteiger partial charge in [-0.2, -0.15) is 0 Å². The molecule has 1 fully saturated rings. The number of rotatable bonds is 4. The molecule has 0 aliphatic carbocycles. The fraction of sp³-hybridized carbons (Fsp3) is 0.273. The quantitative estimate of drug-likeness (QED) is 0.609. The predicted molar refractivity (Wildman–Crippen MR) is 106 cm³/mol. The number of cyclic esters (lactones) is 1. The fourth-order valence-electron chi connectivity index (χ4n) is 3.36. The van der Waals surface area contributed by atoms with Gasteiger partial charge >= 0.3 is 5.97 Å². The fourth-order valence-corrected chi connectivity index (χ4v) is 3.36. The molecule has 2 aromatic carbocycles. The number of esters is 1. The standard InChI is InChI=1S/C22H22N2O3/c1-26-19-11-7-17(8-12-19)21-23-20(22(25)27-21)15-16-5-9-18(10-6-16)24-13-3-2-4-14-24/h5-12,15H,2-4,13-14H2,1H3/b20-15-. The summed E-state index contributed by atoms with van der Waals surface area (Å²) >= 11 is 0. The number of ether oxygens (including phenoxy) is 2. The Bertz CT molecular complexity index is 877. The van der Waals surface area contributed by atoms with E-state index >= 15 is 0 Å². The number of anilines is 1. The highest BCUT2D eigenvalue weighted by Crippen LogP contribution is 2.23. The third kappa shape index (κ3) is 3.87. The van der Waals surface area contributed by atoms with Gasteiger partial charge in [-0.1, -0.05) is 12.1 Å². The van der Waals surface area contributed by atoms with Crippen LogP contribution in [0.4, 0.5) is 5.69 Å². The van der Waals surface area contributed by atoms with Crippen molar-refractivity contribution in [2.45, 2.75) is 19.3 Å². The lowest BCUT2D eigenvalue weighted by atomic mass is 10.1. The predicted octanol–water partition coefficient (Wildman–Crippen LogP) is 4.03. The van der Waals surface area contributed by atoms with Crippen molar-refractivity contribution in [3.8, 4) is 5.75 Å². The van der Waals surface area contributed by atoms with Gasteiger partial charge < -0.3 is 14.4 Å². The number of benzene rings is 2. The summed E-state index contributed by atoms with van der Waals surface area (Å²) in [5.41, 5.74) is 3.22. The maximum atomic E-state index is 12.2. The number of carbonyl (C=O) groups is 1. The molecule has 2 aliphatic heterocycles. The number of hydrogen-bond donors (Lipinski definition) is 0. The summed E-state index contributed by atoms with van der Waals surface area (Å²) in [7, 11) is 1.61. The van der Waals surface area contributed by atoms with E-state index in [1.807, 2.05) is 36.4 Å². The number of methoxy groups -OCH3 is 1. The van der Waals surface area contributed by atoms with Crippen molar-refractivity contribution in [1.29, 1.82) is 0 Å². The Labute approximate surface area is 158 Å². The van der Waals surface area contributed by atoms with Crippen LogP contribution in [0.5, 0.6) is 5.75 Å². The van der Waals surface area contributed by atoms with Gasteiger partial charge in [-0.15, -0.1) is 0 Å². The van der Waals surface area contributed by atoms with Crippen LogP contribution in [-0.2, 0) is 9.53 Å². The average Bonchev–Trinajstić information content (AvgIpc) is 3.09. The van der Waals surface area contributed by atoms with Crippen LogP contribution >= 0.6 is 0 Å². The van der Waals surface area contributed by atoms with Crippen LogP contribution in [0, 0.1) is 0 Å². The van der Waals surface area contributed by atoms with E-state index in [-0.39, 0.29) is 0 Å². The first-order valence-corrected chi connectivity index (χ1v) is 9.25. The molecule has 5 heteroatoms. The molecule has 2 aromatic rings. The van der Waals surface area contributed by atoms with Crippen molar-refractivity contribution in [2.75, 3.05) is 25.1 Å².